The van der Waals surface area contributed by atoms with Crippen molar-refractivity contribution >= 4 is 29.3 Å². The SMILES string of the molecule is Cc1ccc2c(CN(C)CC(=O)N3CCNCC3)cc(=O)oc2c1.Cl. The Balaban J connectivity index is 0.00000225. The lowest BCUT2D eigenvalue weighted by molar-refractivity contribution is -0.132. The molecule has 1 amide bonds. The number of carbonyl (C=O) groups is 1. The molecule has 1 saturated heterocycles. The highest BCUT2D eigenvalue weighted by Crippen LogP contribution is 2.19. The minimum atomic E-state index is -0.357. The summed E-state index contributed by atoms with van der Waals surface area (Å²) < 4.78 is 5.28. The van der Waals surface area contributed by atoms with E-state index in [1.165, 1.54) is 6.07 Å². The van der Waals surface area contributed by atoms with E-state index < -0.39 is 0 Å². The van der Waals surface area contributed by atoms with Crippen molar-refractivity contribution in [2.75, 3.05) is 39.8 Å². The van der Waals surface area contributed by atoms with Crippen molar-refractivity contribution in [1.82, 2.24) is 15.1 Å². The number of hydrogen-bond donors (Lipinski definition) is 1. The minimum Gasteiger partial charge on any atom is -0.423 e. The highest BCUT2D eigenvalue weighted by Gasteiger charge is 2.18. The van der Waals surface area contributed by atoms with Crippen LogP contribution in [0, 0.1) is 6.92 Å². The van der Waals surface area contributed by atoms with E-state index in [1.807, 2.05) is 42.0 Å². The van der Waals surface area contributed by atoms with Gasteiger partial charge in [0.1, 0.15) is 5.58 Å². The zero-order valence-corrected chi connectivity index (χ0v) is 15.4. The van der Waals surface area contributed by atoms with Crippen LogP contribution < -0.4 is 10.9 Å². The van der Waals surface area contributed by atoms with Gasteiger partial charge in [-0.2, -0.15) is 0 Å². The van der Waals surface area contributed by atoms with Crippen LogP contribution in [0.15, 0.2) is 33.5 Å². The molecule has 3 rings (SSSR count). The average molecular weight is 366 g/mol. The van der Waals surface area contributed by atoms with Gasteiger partial charge in [0.2, 0.25) is 5.91 Å². The van der Waals surface area contributed by atoms with E-state index in [-0.39, 0.29) is 23.9 Å². The summed E-state index contributed by atoms with van der Waals surface area (Å²) in [6, 6.07) is 7.35. The zero-order chi connectivity index (χ0) is 17.1. The minimum absolute atomic E-state index is 0. The third-order valence-corrected chi connectivity index (χ3v) is 4.30. The molecular formula is C18H24ClN3O3. The molecule has 2 aromatic rings. The van der Waals surface area contributed by atoms with Crippen molar-refractivity contribution in [3.8, 4) is 0 Å². The number of piperazine rings is 1. The van der Waals surface area contributed by atoms with Crippen LogP contribution in [0.5, 0.6) is 0 Å². The van der Waals surface area contributed by atoms with Gasteiger partial charge in [-0.15, -0.1) is 12.4 Å². The highest BCUT2D eigenvalue weighted by molar-refractivity contribution is 5.85. The molecule has 0 aliphatic carbocycles. The number of likely N-dealkylation sites (N-methyl/N-ethyl adjacent to an activating group) is 1. The van der Waals surface area contributed by atoms with Gasteiger partial charge in [0.25, 0.3) is 0 Å². The Morgan fingerprint density at radius 1 is 1.28 bits per heavy atom. The van der Waals surface area contributed by atoms with Crippen molar-refractivity contribution < 1.29 is 9.21 Å². The van der Waals surface area contributed by atoms with E-state index in [2.05, 4.69) is 5.32 Å². The Labute approximate surface area is 153 Å². The maximum atomic E-state index is 12.4. The Bertz CT molecular complexity index is 800. The lowest BCUT2D eigenvalue weighted by Crippen LogP contribution is -2.49. The predicted molar refractivity (Wildman–Crippen MR) is 100 cm³/mol. The molecule has 0 unspecified atom stereocenters. The molecule has 6 nitrogen and oxygen atoms in total. The van der Waals surface area contributed by atoms with Crippen molar-refractivity contribution in [3.05, 3.63) is 45.8 Å². The normalized spacial score (nSPS) is 14.6. The number of rotatable bonds is 4. The van der Waals surface area contributed by atoms with Gasteiger partial charge < -0.3 is 14.6 Å². The second kappa shape index (κ2) is 8.47. The number of halogens is 1. The highest BCUT2D eigenvalue weighted by atomic mass is 35.5. The Kier molecular flexibility index (Phi) is 6.58. The second-order valence-electron chi connectivity index (χ2n) is 6.39. The van der Waals surface area contributed by atoms with Crippen LogP contribution in [0.2, 0.25) is 0 Å². The molecule has 25 heavy (non-hydrogen) atoms. The van der Waals surface area contributed by atoms with Gasteiger partial charge in [-0.25, -0.2) is 4.79 Å². The maximum Gasteiger partial charge on any atom is 0.336 e. The molecule has 136 valence electrons. The van der Waals surface area contributed by atoms with Crippen LogP contribution in [0.4, 0.5) is 0 Å². The molecule has 1 aliphatic heterocycles. The van der Waals surface area contributed by atoms with Crippen LogP contribution in [-0.4, -0.2) is 55.5 Å². The molecule has 1 aliphatic rings. The summed E-state index contributed by atoms with van der Waals surface area (Å²) in [5.41, 5.74) is 2.17. The number of amides is 1. The first-order valence-corrected chi connectivity index (χ1v) is 8.23. The van der Waals surface area contributed by atoms with Crippen molar-refractivity contribution in [2.45, 2.75) is 13.5 Å². The number of hydrogen-bond acceptors (Lipinski definition) is 5. The number of nitrogens with zero attached hydrogens (tertiary/aromatic N) is 2. The van der Waals surface area contributed by atoms with E-state index in [0.717, 1.165) is 42.7 Å². The van der Waals surface area contributed by atoms with E-state index in [9.17, 15) is 9.59 Å². The number of nitrogens with one attached hydrogen (secondary N) is 1. The molecule has 1 aromatic heterocycles. The number of carbonyl (C=O) groups excluding carboxylic acids is 1. The molecular weight excluding hydrogens is 342 g/mol. The third kappa shape index (κ3) is 4.81. The van der Waals surface area contributed by atoms with Gasteiger partial charge >= 0.3 is 5.63 Å². The molecule has 1 fully saturated rings. The summed E-state index contributed by atoms with van der Waals surface area (Å²) in [6.07, 6.45) is 0. The zero-order valence-electron chi connectivity index (χ0n) is 14.6. The lowest BCUT2D eigenvalue weighted by Gasteiger charge is -2.29. The maximum absolute atomic E-state index is 12.4. The summed E-state index contributed by atoms with van der Waals surface area (Å²) in [6.45, 7) is 6.03. The van der Waals surface area contributed by atoms with E-state index >= 15 is 0 Å². The summed E-state index contributed by atoms with van der Waals surface area (Å²) in [4.78, 5) is 28.0. The van der Waals surface area contributed by atoms with Crippen LogP contribution in [0.3, 0.4) is 0 Å². The first-order valence-electron chi connectivity index (χ1n) is 8.23. The van der Waals surface area contributed by atoms with E-state index in [0.29, 0.717) is 18.7 Å². The molecule has 1 N–H and O–H groups in total. The van der Waals surface area contributed by atoms with Gasteiger partial charge in [0.05, 0.1) is 6.54 Å². The Morgan fingerprint density at radius 3 is 2.72 bits per heavy atom. The average Bonchev–Trinajstić information content (AvgIpc) is 2.54. The van der Waals surface area contributed by atoms with Gasteiger partial charge in [0, 0.05) is 44.2 Å². The second-order valence-corrected chi connectivity index (χ2v) is 6.39. The Hall–Kier alpha value is -1.89. The number of benzene rings is 1. The fourth-order valence-electron chi connectivity index (χ4n) is 3.06. The summed E-state index contributed by atoms with van der Waals surface area (Å²) in [7, 11) is 1.90. The first kappa shape index (κ1) is 19.4. The van der Waals surface area contributed by atoms with Crippen molar-refractivity contribution in [2.24, 2.45) is 0 Å². The molecule has 0 spiro atoms. The van der Waals surface area contributed by atoms with Gasteiger partial charge in [0.15, 0.2) is 0 Å². The number of fused-ring (bicyclic) bond motifs is 1. The smallest absolute Gasteiger partial charge is 0.336 e. The predicted octanol–water partition coefficient (Wildman–Crippen LogP) is 1.39. The van der Waals surface area contributed by atoms with Crippen LogP contribution in [0.1, 0.15) is 11.1 Å². The van der Waals surface area contributed by atoms with Crippen molar-refractivity contribution in [1.29, 1.82) is 0 Å². The van der Waals surface area contributed by atoms with Crippen molar-refractivity contribution in [3.63, 3.8) is 0 Å². The monoisotopic (exact) mass is 365 g/mol. The van der Waals surface area contributed by atoms with Crippen LogP contribution >= 0.6 is 12.4 Å². The molecule has 7 heteroatoms. The molecule has 2 heterocycles. The van der Waals surface area contributed by atoms with Gasteiger partial charge in [-0.05, 0) is 31.2 Å². The topological polar surface area (TPSA) is 65.8 Å². The molecule has 1 aromatic carbocycles. The van der Waals surface area contributed by atoms with Gasteiger partial charge in [-0.1, -0.05) is 12.1 Å². The Morgan fingerprint density at radius 2 is 2.00 bits per heavy atom. The van der Waals surface area contributed by atoms with E-state index in [4.69, 9.17) is 4.42 Å². The van der Waals surface area contributed by atoms with Crippen LogP contribution in [-0.2, 0) is 11.3 Å². The summed E-state index contributed by atoms with van der Waals surface area (Å²) in [5, 5.41) is 4.16. The van der Waals surface area contributed by atoms with E-state index in [1.54, 1.807) is 0 Å². The fraction of sp³-hybridized carbons (Fsp3) is 0.444. The molecule has 0 atom stereocenters. The van der Waals surface area contributed by atoms with Crippen LogP contribution in [0.25, 0.3) is 11.0 Å². The third-order valence-electron chi connectivity index (χ3n) is 4.30. The molecule has 0 radical (unpaired) electrons. The fourth-order valence-corrected chi connectivity index (χ4v) is 3.06. The number of aryl methyl sites for hydroxylation is 1. The standard InChI is InChI=1S/C18H23N3O3.ClH/c1-13-3-4-15-14(10-18(23)24-16(15)9-13)11-20(2)12-17(22)21-7-5-19-6-8-21;/h3-4,9-10,19H,5-8,11-12H2,1-2H3;1H. The quantitative estimate of drug-likeness (QED) is 0.829. The molecule has 0 saturated carbocycles. The lowest BCUT2D eigenvalue weighted by atomic mass is 10.1. The molecule has 0 bridgehead atoms. The largest absolute Gasteiger partial charge is 0.423 e. The summed E-state index contributed by atoms with van der Waals surface area (Å²) >= 11 is 0. The van der Waals surface area contributed by atoms with Gasteiger partial charge in [-0.3, -0.25) is 9.69 Å². The first-order chi connectivity index (χ1) is 11.5. The summed E-state index contributed by atoms with van der Waals surface area (Å²) in [5.74, 6) is 0.127.